The van der Waals surface area contributed by atoms with E-state index in [1.807, 2.05) is 0 Å². The maximum atomic E-state index is 13.9. The first kappa shape index (κ1) is 18.0. The molecule has 128 valence electrons. The number of amides is 1. The average Bonchev–Trinajstić information content (AvgIpc) is 2.76. The molecule has 1 aromatic carbocycles. The molecule has 1 saturated heterocycles. The van der Waals surface area contributed by atoms with Crippen LogP contribution in [-0.2, 0) is 14.8 Å². The fraction of sp³-hybridized carbons (Fsp3) is 0.500. The molecule has 1 fully saturated rings. The van der Waals surface area contributed by atoms with Gasteiger partial charge in [-0.2, -0.15) is 4.31 Å². The topological polar surface area (TPSA) is 66.9 Å². The van der Waals surface area contributed by atoms with Crippen molar-refractivity contribution in [2.45, 2.75) is 18.2 Å². The minimum atomic E-state index is -4.00. The summed E-state index contributed by atoms with van der Waals surface area (Å²) >= 11 is 5.77. The number of benzene rings is 1. The summed E-state index contributed by atoms with van der Waals surface area (Å²) in [6.45, 7) is 2.82. The number of hydrogen-bond donors (Lipinski definition) is 0. The molecule has 0 N–H and O–H groups in total. The quantitative estimate of drug-likeness (QED) is 0.825. The fourth-order valence-corrected chi connectivity index (χ4v) is 4.14. The zero-order chi connectivity index (χ0) is 17.0. The lowest BCUT2D eigenvalue weighted by Crippen LogP contribution is -2.37. The van der Waals surface area contributed by atoms with Gasteiger partial charge >= 0.3 is 6.09 Å². The maximum Gasteiger partial charge on any atom is 0.409 e. The second-order valence-electron chi connectivity index (χ2n) is 5.02. The lowest BCUT2D eigenvalue weighted by molar-refractivity contribution is 0.109. The van der Waals surface area contributed by atoms with E-state index in [0.717, 1.165) is 12.1 Å². The highest BCUT2D eigenvalue weighted by Gasteiger charge is 2.30. The number of rotatable bonds is 3. The van der Waals surface area contributed by atoms with E-state index in [-0.39, 0.29) is 31.3 Å². The first-order valence-corrected chi connectivity index (χ1v) is 9.05. The molecule has 0 spiro atoms. The highest BCUT2D eigenvalue weighted by molar-refractivity contribution is 7.89. The minimum absolute atomic E-state index is 0.0765. The Balaban J connectivity index is 2.18. The Kier molecular flexibility index (Phi) is 5.83. The van der Waals surface area contributed by atoms with Crippen LogP contribution in [0.1, 0.15) is 13.3 Å². The summed E-state index contributed by atoms with van der Waals surface area (Å²) in [6.07, 6.45) is -0.0269. The van der Waals surface area contributed by atoms with E-state index in [0.29, 0.717) is 13.0 Å². The van der Waals surface area contributed by atoms with Crippen LogP contribution in [0.2, 0.25) is 5.02 Å². The fourth-order valence-electron chi connectivity index (χ4n) is 2.35. The number of hydrogen-bond acceptors (Lipinski definition) is 4. The molecule has 1 aliphatic heterocycles. The van der Waals surface area contributed by atoms with Gasteiger partial charge in [-0.25, -0.2) is 17.6 Å². The third-order valence-electron chi connectivity index (χ3n) is 3.49. The van der Waals surface area contributed by atoms with Crippen molar-refractivity contribution in [3.63, 3.8) is 0 Å². The molecule has 0 aromatic heterocycles. The van der Waals surface area contributed by atoms with Crippen LogP contribution in [0.3, 0.4) is 0 Å². The van der Waals surface area contributed by atoms with Gasteiger partial charge in [-0.3, -0.25) is 0 Å². The van der Waals surface area contributed by atoms with Crippen LogP contribution in [0.25, 0.3) is 0 Å². The predicted octanol–water partition coefficient (Wildman–Crippen LogP) is 2.33. The molecular weight excluding hydrogens is 347 g/mol. The Hall–Kier alpha value is -1.38. The van der Waals surface area contributed by atoms with Gasteiger partial charge in [-0.05, 0) is 31.5 Å². The molecule has 0 bridgehead atoms. The number of sulfonamides is 1. The number of ether oxygens (including phenoxy) is 1. The Morgan fingerprint density at radius 1 is 1.30 bits per heavy atom. The molecule has 0 unspecified atom stereocenters. The van der Waals surface area contributed by atoms with E-state index in [1.54, 1.807) is 6.92 Å². The summed E-state index contributed by atoms with van der Waals surface area (Å²) in [5.41, 5.74) is 0. The van der Waals surface area contributed by atoms with Gasteiger partial charge in [-0.1, -0.05) is 11.6 Å². The van der Waals surface area contributed by atoms with Gasteiger partial charge in [0.1, 0.15) is 10.7 Å². The van der Waals surface area contributed by atoms with E-state index in [4.69, 9.17) is 16.3 Å². The standard InChI is InChI=1S/C14H18ClFN2O4S/c1-2-22-14(19)17-6-3-7-18(9-8-17)23(20,21)13-10-11(15)4-5-12(13)16/h4-5,10H,2-3,6-9H2,1H3. The normalized spacial score (nSPS) is 16.9. The van der Waals surface area contributed by atoms with Crippen molar-refractivity contribution >= 4 is 27.7 Å². The Bertz CT molecular complexity index is 683. The van der Waals surface area contributed by atoms with Crippen molar-refractivity contribution in [2.75, 3.05) is 32.8 Å². The van der Waals surface area contributed by atoms with Gasteiger partial charge in [0.2, 0.25) is 10.0 Å². The van der Waals surface area contributed by atoms with Gasteiger partial charge in [0, 0.05) is 31.2 Å². The SMILES string of the molecule is CCOC(=O)N1CCCN(S(=O)(=O)c2cc(Cl)ccc2F)CC1. The molecule has 0 saturated carbocycles. The summed E-state index contributed by atoms with van der Waals surface area (Å²) in [7, 11) is -4.00. The van der Waals surface area contributed by atoms with Crippen LogP contribution < -0.4 is 0 Å². The monoisotopic (exact) mass is 364 g/mol. The van der Waals surface area contributed by atoms with Gasteiger partial charge in [0.05, 0.1) is 6.61 Å². The largest absolute Gasteiger partial charge is 0.450 e. The minimum Gasteiger partial charge on any atom is -0.450 e. The highest BCUT2D eigenvalue weighted by Crippen LogP contribution is 2.24. The molecule has 1 amide bonds. The van der Waals surface area contributed by atoms with Crippen molar-refractivity contribution < 1.29 is 22.3 Å². The van der Waals surface area contributed by atoms with E-state index < -0.39 is 26.8 Å². The zero-order valence-corrected chi connectivity index (χ0v) is 14.2. The molecule has 6 nitrogen and oxygen atoms in total. The third kappa shape index (κ3) is 4.13. The van der Waals surface area contributed by atoms with Crippen molar-refractivity contribution in [2.24, 2.45) is 0 Å². The van der Waals surface area contributed by atoms with Crippen molar-refractivity contribution in [3.8, 4) is 0 Å². The molecular formula is C14H18ClFN2O4S. The molecule has 0 atom stereocenters. The first-order chi connectivity index (χ1) is 10.9. The summed E-state index contributed by atoms with van der Waals surface area (Å²) in [5.74, 6) is -0.846. The Labute approximate surface area is 139 Å². The van der Waals surface area contributed by atoms with Crippen LogP contribution in [0.15, 0.2) is 23.1 Å². The summed E-state index contributed by atoms with van der Waals surface area (Å²) in [5, 5.41) is 0.146. The van der Waals surface area contributed by atoms with Crippen LogP contribution in [0.4, 0.5) is 9.18 Å². The highest BCUT2D eigenvalue weighted by atomic mass is 35.5. The Morgan fingerprint density at radius 3 is 2.74 bits per heavy atom. The van der Waals surface area contributed by atoms with Crippen LogP contribution in [0.5, 0.6) is 0 Å². The predicted molar refractivity (Wildman–Crippen MR) is 83.4 cm³/mol. The second-order valence-corrected chi connectivity index (χ2v) is 7.36. The molecule has 2 rings (SSSR count). The van der Waals surface area contributed by atoms with Gasteiger partial charge in [-0.15, -0.1) is 0 Å². The van der Waals surface area contributed by atoms with Gasteiger partial charge in [0.25, 0.3) is 0 Å². The van der Waals surface area contributed by atoms with Gasteiger partial charge < -0.3 is 9.64 Å². The third-order valence-corrected chi connectivity index (χ3v) is 5.64. The molecule has 9 heteroatoms. The number of nitrogens with zero attached hydrogens (tertiary/aromatic N) is 2. The first-order valence-electron chi connectivity index (χ1n) is 7.23. The average molecular weight is 365 g/mol. The maximum absolute atomic E-state index is 13.9. The lowest BCUT2D eigenvalue weighted by Gasteiger charge is -2.21. The number of halogens is 2. The molecule has 23 heavy (non-hydrogen) atoms. The molecule has 1 aliphatic rings. The van der Waals surface area contributed by atoms with Crippen molar-refractivity contribution in [1.82, 2.24) is 9.21 Å². The zero-order valence-electron chi connectivity index (χ0n) is 12.7. The van der Waals surface area contributed by atoms with Crippen LogP contribution in [0, 0.1) is 5.82 Å². The smallest absolute Gasteiger partial charge is 0.409 e. The molecule has 1 aromatic rings. The molecule has 0 radical (unpaired) electrons. The summed E-state index contributed by atoms with van der Waals surface area (Å²) in [4.78, 5) is 12.7. The molecule has 1 heterocycles. The van der Waals surface area contributed by atoms with E-state index in [1.165, 1.54) is 15.3 Å². The van der Waals surface area contributed by atoms with Crippen molar-refractivity contribution in [1.29, 1.82) is 0 Å². The van der Waals surface area contributed by atoms with E-state index in [2.05, 4.69) is 0 Å². The lowest BCUT2D eigenvalue weighted by atomic mass is 10.3. The summed E-state index contributed by atoms with van der Waals surface area (Å²) in [6, 6.07) is 3.42. The van der Waals surface area contributed by atoms with E-state index >= 15 is 0 Å². The number of carbonyl (C=O) groups excluding carboxylic acids is 1. The van der Waals surface area contributed by atoms with Crippen LogP contribution in [-0.4, -0.2) is 56.5 Å². The van der Waals surface area contributed by atoms with E-state index in [9.17, 15) is 17.6 Å². The number of carbonyl (C=O) groups is 1. The summed E-state index contributed by atoms with van der Waals surface area (Å²) < 4.78 is 45.2. The van der Waals surface area contributed by atoms with Crippen molar-refractivity contribution in [3.05, 3.63) is 29.0 Å². The molecule has 0 aliphatic carbocycles. The van der Waals surface area contributed by atoms with Crippen LogP contribution >= 0.6 is 11.6 Å². The second kappa shape index (κ2) is 7.46. The Morgan fingerprint density at radius 2 is 2.04 bits per heavy atom. The van der Waals surface area contributed by atoms with Gasteiger partial charge in [0.15, 0.2) is 0 Å².